The molecule has 0 nitrogen and oxygen atoms in total. The van der Waals surface area contributed by atoms with Crippen molar-refractivity contribution in [2.24, 2.45) is 11.3 Å². The van der Waals surface area contributed by atoms with Crippen LogP contribution in [0.1, 0.15) is 64.7 Å². The average molecular weight is 166 g/mol. The maximum Gasteiger partial charge on any atom is -0.0269 e. The second kappa shape index (κ2) is 3.40. The molecule has 0 amide bonds. The molecule has 0 aromatic carbocycles. The Bertz CT molecular complexity index is 142. The zero-order chi connectivity index (χ0) is 8.44. The van der Waals surface area contributed by atoms with Crippen LogP contribution >= 0.6 is 0 Å². The Morgan fingerprint density at radius 1 is 1.08 bits per heavy atom. The van der Waals surface area contributed by atoms with Gasteiger partial charge in [0, 0.05) is 0 Å². The second-order valence-electron chi connectivity index (χ2n) is 4.95. The molecule has 0 aromatic heterocycles. The fraction of sp³-hybridized carbons (Fsp3) is 1.00. The quantitative estimate of drug-likeness (QED) is 0.578. The molecular formula is C12H22. The summed E-state index contributed by atoms with van der Waals surface area (Å²) in [5, 5.41) is 0. The van der Waals surface area contributed by atoms with E-state index in [0.717, 1.165) is 11.3 Å². The van der Waals surface area contributed by atoms with Crippen LogP contribution in [-0.4, -0.2) is 0 Å². The molecule has 0 heteroatoms. The summed E-state index contributed by atoms with van der Waals surface area (Å²) in [7, 11) is 0. The normalized spacial score (nSPS) is 33.2. The Morgan fingerprint density at radius 2 is 1.83 bits per heavy atom. The first-order valence-electron chi connectivity index (χ1n) is 5.87. The predicted molar refractivity (Wildman–Crippen MR) is 53.2 cm³/mol. The standard InChI is InChI=1S/C12H22/c1-2-6-11-7-10-12(11)8-4-3-5-9-12/h11H,2-10H2,1H3. The van der Waals surface area contributed by atoms with Gasteiger partial charge in [0.2, 0.25) is 0 Å². The first-order valence-corrected chi connectivity index (χ1v) is 5.87. The molecule has 1 unspecified atom stereocenters. The van der Waals surface area contributed by atoms with Gasteiger partial charge in [0.05, 0.1) is 0 Å². The molecule has 0 radical (unpaired) electrons. The summed E-state index contributed by atoms with van der Waals surface area (Å²) in [6.45, 7) is 2.34. The van der Waals surface area contributed by atoms with E-state index in [1.165, 1.54) is 32.1 Å². The van der Waals surface area contributed by atoms with Crippen molar-refractivity contribution in [3.8, 4) is 0 Å². The summed E-state index contributed by atoms with van der Waals surface area (Å²) in [4.78, 5) is 0. The van der Waals surface area contributed by atoms with Crippen molar-refractivity contribution in [1.29, 1.82) is 0 Å². The minimum Gasteiger partial charge on any atom is -0.0654 e. The van der Waals surface area contributed by atoms with E-state index in [0.29, 0.717) is 0 Å². The van der Waals surface area contributed by atoms with Crippen molar-refractivity contribution in [2.45, 2.75) is 64.7 Å². The van der Waals surface area contributed by atoms with Crippen LogP contribution in [0.2, 0.25) is 0 Å². The van der Waals surface area contributed by atoms with E-state index in [9.17, 15) is 0 Å². The van der Waals surface area contributed by atoms with Crippen LogP contribution in [0.25, 0.3) is 0 Å². The summed E-state index contributed by atoms with van der Waals surface area (Å²) >= 11 is 0. The van der Waals surface area contributed by atoms with Crippen LogP contribution in [0.4, 0.5) is 0 Å². The van der Waals surface area contributed by atoms with Crippen LogP contribution < -0.4 is 0 Å². The van der Waals surface area contributed by atoms with Crippen LogP contribution in [0.15, 0.2) is 0 Å². The van der Waals surface area contributed by atoms with Crippen molar-refractivity contribution >= 4 is 0 Å². The molecule has 2 fully saturated rings. The zero-order valence-electron chi connectivity index (χ0n) is 8.44. The van der Waals surface area contributed by atoms with Gasteiger partial charge < -0.3 is 0 Å². The van der Waals surface area contributed by atoms with Crippen LogP contribution in [-0.2, 0) is 0 Å². The van der Waals surface area contributed by atoms with Crippen LogP contribution in [0.3, 0.4) is 0 Å². The van der Waals surface area contributed by atoms with E-state index in [-0.39, 0.29) is 0 Å². The van der Waals surface area contributed by atoms with E-state index in [2.05, 4.69) is 6.92 Å². The minimum atomic E-state index is 0.869. The minimum absolute atomic E-state index is 0.869. The highest BCUT2D eigenvalue weighted by Crippen LogP contribution is 2.57. The SMILES string of the molecule is CCCC1CCC12CCCCC2. The van der Waals surface area contributed by atoms with Crippen molar-refractivity contribution in [2.75, 3.05) is 0 Å². The molecule has 70 valence electrons. The van der Waals surface area contributed by atoms with Gasteiger partial charge in [-0.05, 0) is 37.0 Å². The molecule has 2 saturated carbocycles. The third-order valence-electron chi connectivity index (χ3n) is 4.34. The Hall–Kier alpha value is 0. The lowest BCUT2D eigenvalue weighted by atomic mass is 9.53. The van der Waals surface area contributed by atoms with E-state index in [1.807, 2.05) is 0 Å². The van der Waals surface area contributed by atoms with Gasteiger partial charge in [-0.25, -0.2) is 0 Å². The smallest absolute Gasteiger partial charge is 0.0269 e. The maximum atomic E-state index is 2.34. The van der Waals surface area contributed by atoms with Crippen molar-refractivity contribution in [3.63, 3.8) is 0 Å². The molecule has 0 bridgehead atoms. The summed E-state index contributed by atoms with van der Waals surface area (Å²) in [5.41, 5.74) is 0.869. The van der Waals surface area contributed by atoms with Gasteiger partial charge in [-0.2, -0.15) is 0 Å². The Morgan fingerprint density at radius 3 is 2.33 bits per heavy atom. The summed E-state index contributed by atoms with van der Waals surface area (Å²) in [5.74, 6) is 1.13. The second-order valence-corrected chi connectivity index (χ2v) is 4.95. The van der Waals surface area contributed by atoms with Gasteiger partial charge in [-0.1, -0.05) is 39.0 Å². The van der Waals surface area contributed by atoms with Gasteiger partial charge in [-0.3, -0.25) is 0 Å². The number of rotatable bonds is 2. The summed E-state index contributed by atoms with van der Waals surface area (Å²) in [6, 6.07) is 0. The van der Waals surface area contributed by atoms with E-state index < -0.39 is 0 Å². The van der Waals surface area contributed by atoms with Gasteiger partial charge in [-0.15, -0.1) is 0 Å². The molecule has 2 aliphatic rings. The Labute approximate surface area is 76.7 Å². The van der Waals surface area contributed by atoms with Crippen molar-refractivity contribution in [1.82, 2.24) is 0 Å². The highest BCUT2D eigenvalue weighted by molar-refractivity contribution is 4.96. The first-order chi connectivity index (χ1) is 5.87. The largest absolute Gasteiger partial charge is 0.0654 e. The molecule has 2 rings (SSSR count). The zero-order valence-corrected chi connectivity index (χ0v) is 8.44. The highest BCUT2D eigenvalue weighted by atomic mass is 14.5. The Balaban J connectivity index is 1.91. The van der Waals surface area contributed by atoms with Crippen molar-refractivity contribution in [3.05, 3.63) is 0 Å². The van der Waals surface area contributed by atoms with Crippen LogP contribution in [0, 0.1) is 11.3 Å². The van der Waals surface area contributed by atoms with Crippen molar-refractivity contribution < 1.29 is 0 Å². The van der Waals surface area contributed by atoms with Gasteiger partial charge in [0.15, 0.2) is 0 Å². The maximum absolute atomic E-state index is 2.34. The monoisotopic (exact) mass is 166 g/mol. The number of hydrogen-bond acceptors (Lipinski definition) is 0. The topological polar surface area (TPSA) is 0 Å². The Kier molecular flexibility index (Phi) is 2.43. The fourth-order valence-corrected chi connectivity index (χ4v) is 3.47. The lowest BCUT2D eigenvalue weighted by Gasteiger charge is -2.52. The molecule has 12 heavy (non-hydrogen) atoms. The van der Waals surface area contributed by atoms with Gasteiger partial charge in [0.25, 0.3) is 0 Å². The third-order valence-corrected chi connectivity index (χ3v) is 4.34. The lowest BCUT2D eigenvalue weighted by molar-refractivity contribution is -0.0144. The molecule has 0 N–H and O–H groups in total. The first kappa shape index (κ1) is 8.59. The highest BCUT2D eigenvalue weighted by Gasteiger charge is 2.45. The molecular weight excluding hydrogens is 144 g/mol. The molecule has 0 aromatic rings. The summed E-state index contributed by atoms with van der Waals surface area (Å²) < 4.78 is 0. The fourth-order valence-electron chi connectivity index (χ4n) is 3.47. The third kappa shape index (κ3) is 1.30. The summed E-state index contributed by atoms with van der Waals surface area (Å²) in [6.07, 6.45) is 13.7. The molecule has 0 heterocycles. The lowest BCUT2D eigenvalue weighted by Crippen LogP contribution is -2.41. The molecule has 1 spiro atoms. The van der Waals surface area contributed by atoms with E-state index in [4.69, 9.17) is 0 Å². The van der Waals surface area contributed by atoms with E-state index >= 15 is 0 Å². The molecule has 2 aliphatic carbocycles. The molecule has 1 atom stereocenters. The van der Waals surface area contributed by atoms with Gasteiger partial charge >= 0.3 is 0 Å². The van der Waals surface area contributed by atoms with Gasteiger partial charge in [0.1, 0.15) is 0 Å². The average Bonchev–Trinajstić information content (AvgIpc) is 2.14. The number of hydrogen-bond donors (Lipinski definition) is 0. The molecule has 0 saturated heterocycles. The predicted octanol–water partition coefficient (Wildman–Crippen LogP) is 4.15. The van der Waals surface area contributed by atoms with Crippen LogP contribution in [0.5, 0.6) is 0 Å². The van der Waals surface area contributed by atoms with E-state index in [1.54, 1.807) is 25.7 Å². The molecule has 0 aliphatic heterocycles.